The Bertz CT molecular complexity index is 730. The smallest absolute Gasteiger partial charge is 0.223 e. The van der Waals surface area contributed by atoms with Gasteiger partial charge in [0, 0.05) is 31.5 Å². The van der Waals surface area contributed by atoms with Crippen molar-refractivity contribution in [1.82, 2.24) is 14.5 Å². The summed E-state index contributed by atoms with van der Waals surface area (Å²) >= 11 is 0. The van der Waals surface area contributed by atoms with E-state index < -0.39 is 0 Å². The molecule has 1 unspecified atom stereocenters. The molecule has 0 spiro atoms. The number of carbonyl (C=O) groups is 1. The molecule has 4 rings (SSSR count). The van der Waals surface area contributed by atoms with E-state index in [1.165, 1.54) is 37.6 Å². The molecular formula is C20H27N3O. The highest BCUT2D eigenvalue weighted by atomic mass is 16.2. The van der Waals surface area contributed by atoms with Gasteiger partial charge in [-0.25, -0.2) is 4.98 Å². The number of hydrogen-bond acceptors (Lipinski definition) is 2. The van der Waals surface area contributed by atoms with Gasteiger partial charge >= 0.3 is 0 Å². The van der Waals surface area contributed by atoms with Crippen molar-refractivity contribution in [3.05, 3.63) is 30.1 Å². The van der Waals surface area contributed by atoms with Crippen molar-refractivity contribution in [3.8, 4) is 0 Å². The first kappa shape index (κ1) is 15.7. The second kappa shape index (κ2) is 6.58. The van der Waals surface area contributed by atoms with Crippen molar-refractivity contribution in [2.45, 2.75) is 70.4 Å². The molecule has 128 valence electrons. The number of fused-ring (bicyclic) bond motifs is 1. The maximum atomic E-state index is 12.6. The molecule has 24 heavy (non-hydrogen) atoms. The van der Waals surface area contributed by atoms with Crippen molar-refractivity contribution in [1.29, 1.82) is 0 Å². The summed E-state index contributed by atoms with van der Waals surface area (Å²) < 4.78 is 2.34. The van der Waals surface area contributed by atoms with E-state index in [4.69, 9.17) is 4.98 Å². The predicted molar refractivity (Wildman–Crippen MR) is 96.0 cm³/mol. The minimum Gasteiger partial charge on any atom is -0.339 e. The fourth-order valence-corrected chi connectivity index (χ4v) is 4.51. The lowest BCUT2D eigenvalue weighted by molar-refractivity contribution is -0.130. The van der Waals surface area contributed by atoms with Crippen LogP contribution in [0.3, 0.4) is 0 Å². The van der Waals surface area contributed by atoms with E-state index >= 15 is 0 Å². The maximum absolute atomic E-state index is 12.6. The number of nitrogens with zero attached hydrogens (tertiary/aromatic N) is 3. The van der Waals surface area contributed by atoms with Crippen LogP contribution in [0.4, 0.5) is 0 Å². The number of imidazole rings is 1. The van der Waals surface area contributed by atoms with Gasteiger partial charge in [0.15, 0.2) is 0 Å². The Hall–Kier alpha value is -1.84. The maximum Gasteiger partial charge on any atom is 0.223 e. The van der Waals surface area contributed by atoms with Crippen LogP contribution in [0.25, 0.3) is 11.0 Å². The van der Waals surface area contributed by atoms with E-state index in [2.05, 4.69) is 34.6 Å². The molecule has 1 aromatic heterocycles. The van der Waals surface area contributed by atoms with E-state index in [0.29, 0.717) is 18.4 Å². The van der Waals surface area contributed by atoms with Crippen molar-refractivity contribution in [3.63, 3.8) is 0 Å². The summed E-state index contributed by atoms with van der Waals surface area (Å²) in [6.45, 7) is 4.03. The number of amides is 1. The topological polar surface area (TPSA) is 38.1 Å². The van der Waals surface area contributed by atoms with Crippen LogP contribution in [0.15, 0.2) is 24.3 Å². The van der Waals surface area contributed by atoms with E-state index in [-0.39, 0.29) is 5.92 Å². The van der Waals surface area contributed by atoms with Crippen LogP contribution in [0.5, 0.6) is 0 Å². The number of hydrogen-bond donors (Lipinski definition) is 0. The molecule has 2 aliphatic rings. The monoisotopic (exact) mass is 325 g/mol. The molecular weight excluding hydrogens is 298 g/mol. The molecule has 1 saturated heterocycles. The van der Waals surface area contributed by atoms with Gasteiger partial charge in [0.25, 0.3) is 0 Å². The number of para-hydroxylation sites is 2. The molecule has 0 bridgehead atoms. The van der Waals surface area contributed by atoms with Gasteiger partial charge in [0.1, 0.15) is 5.82 Å². The van der Waals surface area contributed by atoms with Gasteiger partial charge in [-0.1, -0.05) is 38.3 Å². The normalized spacial score (nSPS) is 22.6. The Kier molecular flexibility index (Phi) is 4.30. The molecule has 1 aliphatic carbocycles. The van der Waals surface area contributed by atoms with Crippen molar-refractivity contribution >= 4 is 16.9 Å². The van der Waals surface area contributed by atoms with Gasteiger partial charge < -0.3 is 9.47 Å². The SMILES string of the molecule is CCCn1c(C2CC(=O)N(C3CCCCC3)C2)nc2ccccc21. The highest BCUT2D eigenvalue weighted by Gasteiger charge is 2.37. The summed E-state index contributed by atoms with van der Waals surface area (Å²) in [5.41, 5.74) is 2.27. The largest absolute Gasteiger partial charge is 0.339 e. The fourth-order valence-electron chi connectivity index (χ4n) is 4.51. The Morgan fingerprint density at radius 1 is 1.17 bits per heavy atom. The third-order valence-electron chi connectivity index (χ3n) is 5.67. The van der Waals surface area contributed by atoms with Crippen LogP contribution >= 0.6 is 0 Å². The Balaban J connectivity index is 1.63. The number of carbonyl (C=O) groups excluding carboxylic acids is 1. The zero-order valence-corrected chi connectivity index (χ0v) is 14.6. The average Bonchev–Trinajstić information content (AvgIpc) is 3.17. The Morgan fingerprint density at radius 2 is 1.96 bits per heavy atom. The molecule has 1 atom stereocenters. The lowest BCUT2D eigenvalue weighted by Gasteiger charge is -2.31. The molecule has 0 radical (unpaired) electrons. The van der Waals surface area contributed by atoms with Crippen LogP contribution in [0, 0.1) is 0 Å². The van der Waals surface area contributed by atoms with E-state index in [1.54, 1.807) is 0 Å². The van der Waals surface area contributed by atoms with Crippen LogP contribution in [-0.2, 0) is 11.3 Å². The van der Waals surface area contributed by atoms with Crippen molar-refractivity contribution in [2.75, 3.05) is 6.54 Å². The first-order valence-corrected chi connectivity index (χ1v) is 9.52. The minimum absolute atomic E-state index is 0.248. The molecule has 4 heteroatoms. The molecule has 1 saturated carbocycles. The molecule has 2 heterocycles. The highest BCUT2D eigenvalue weighted by molar-refractivity contribution is 5.81. The number of aryl methyl sites for hydroxylation is 1. The lowest BCUT2D eigenvalue weighted by atomic mass is 9.94. The molecule has 1 aromatic carbocycles. The number of rotatable bonds is 4. The quantitative estimate of drug-likeness (QED) is 0.849. The van der Waals surface area contributed by atoms with Crippen molar-refractivity contribution < 1.29 is 4.79 Å². The van der Waals surface area contributed by atoms with Crippen LogP contribution in [-0.4, -0.2) is 32.9 Å². The predicted octanol–water partition coefficient (Wildman–Crippen LogP) is 4.09. The number of likely N-dealkylation sites (tertiary alicyclic amines) is 1. The lowest BCUT2D eigenvalue weighted by Crippen LogP contribution is -2.37. The summed E-state index contributed by atoms with van der Waals surface area (Å²) in [6, 6.07) is 8.83. The zero-order valence-electron chi connectivity index (χ0n) is 14.6. The Labute approximate surface area is 143 Å². The third-order valence-corrected chi connectivity index (χ3v) is 5.67. The second-order valence-corrected chi connectivity index (χ2v) is 7.35. The van der Waals surface area contributed by atoms with Gasteiger partial charge in [-0.05, 0) is 31.4 Å². The average molecular weight is 325 g/mol. The van der Waals surface area contributed by atoms with Crippen LogP contribution < -0.4 is 0 Å². The first-order chi connectivity index (χ1) is 11.8. The number of benzene rings is 1. The zero-order chi connectivity index (χ0) is 16.5. The summed E-state index contributed by atoms with van der Waals surface area (Å²) in [5.74, 6) is 1.70. The fraction of sp³-hybridized carbons (Fsp3) is 0.600. The van der Waals surface area contributed by atoms with E-state index in [9.17, 15) is 4.79 Å². The van der Waals surface area contributed by atoms with Crippen LogP contribution in [0.2, 0.25) is 0 Å². The summed E-state index contributed by atoms with van der Waals surface area (Å²) in [5, 5.41) is 0. The third kappa shape index (κ3) is 2.72. The van der Waals surface area contributed by atoms with Crippen LogP contribution in [0.1, 0.15) is 63.6 Å². The second-order valence-electron chi connectivity index (χ2n) is 7.35. The summed E-state index contributed by atoms with van der Waals surface area (Å²) in [4.78, 5) is 19.7. The van der Waals surface area contributed by atoms with Gasteiger partial charge in [-0.3, -0.25) is 4.79 Å². The minimum atomic E-state index is 0.248. The highest BCUT2D eigenvalue weighted by Crippen LogP contribution is 2.34. The molecule has 4 nitrogen and oxygen atoms in total. The Morgan fingerprint density at radius 3 is 2.75 bits per heavy atom. The summed E-state index contributed by atoms with van der Waals surface area (Å²) in [7, 11) is 0. The number of aromatic nitrogens is 2. The van der Waals surface area contributed by atoms with E-state index in [0.717, 1.165) is 30.9 Å². The molecule has 2 fully saturated rings. The standard InChI is InChI=1S/C20H27N3O/c1-2-12-22-18-11-7-6-10-17(18)21-20(22)15-13-19(24)23(14-15)16-8-4-3-5-9-16/h6-7,10-11,15-16H,2-5,8-9,12-14H2,1H3. The van der Waals surface area contributed by atoms with Gasteiger partial charge in [0.05, 0.1) is 11.0 Å². The molecule has 1 amide bonds. The molecule has 2 aromatic rings. The summed E-state index contributed by atoms with van der Waals surface area (Å²) in [6.07, 6.45) is 7.95. The van der Waals surface area contributed by atoms with Gasteiger partial charge in [0.2, 0.25) is 5.91 Å². The van der Waals surface area contributed by atoms with E-state index in [1.807, 2.05) is 6.07 Å². The molecule has 0 N–H and O–H groups in total. The van der Waals surface area contributed by atoms with Crippen molar-refractivity contribution in [2.24, 2.45) is 0 Å². The first-order valence-electron chi connectivity index (χ1n) is 9.52. The molecule has 1 aliphatic heterocycles. The van der Waals surface area contributed by atoms with Gasteiger partial charge in [-0.2, -0.15) is 0 Å². The van der Waals surface area contributed by atoms with Gasteiger partial charge in [-0.15, -0.1) is 0 Å².